The van der Waals surface area contributed by atoms with Crippen LogP contribution in [-0.4, -0.2) is 5.97 Å². The first-order valence-corrected chi connectivity index (χ1v) is 12.1. The molecule has 3 aromatic carbocycles. The van der Waals surface area contributed by atoms with Crippen LogP contribution in [0.5, 0.6) is 5.75 Å². The Kier molecular flexibility index (Phi) is 5.87. The lowest BCUT2D eigenvalue weighted by molar-refractivity contribution is -0.131. The molecule has 0 radical (unpaired) electrons. The summed E-state index contributed by atoms with van der Waals surface area (Å²) in [5, 5.41) is 3.72. The van der Waals surface area contributed by atoms with Crippen molar-refractivity contribution in [3.63, 3.8) is 0 Å². The summed E-state index contributed by atoms with van der Waals surface area (Å²) in [7, 11) is 0. The zero-order chi connectivity index (χ0) is 23.2. The smallest absolute Gasteiger partial charge is 0.308 e. The second-order valence-corrected chi connectivity index (χ2v) is 9.85. The van der Waals surface area contributed by atoms with Gasteiger partial charge < -0.3 is 10.5 Å². The van der Waals surface area contributed by atoms with E-state index >= 15 is 0 Å². The summed E-state index contributed by atoms with van der Waals surface area (Å²) in [4.78, 5) is 12.9. The van der Waals surface area contributed by atoms with Crippen LogP contribution in [0.2, 0.25) is 0 Å². The van der Waals surface area contributed by atoms with Crippen molar-refractivity contribution in [1.29, 1.82) is 0 Å². The zero-order valence-corrected chi connectivity index (χ0v) is 20.6. The van der Waals surface area contributed by atoms with Crippen LogP contribution >= 0.6 is 11.3 Å². The molecule has 0 bridgehead atoms. The average molecular weight is 446 g/mol. The van der Waals surface area contributed by atoms with Crippen LogP contribution in [0.4, 0.5) is 0 Å². The van der Waals surface area contributed by atoms with Crippen molar-refractivity contribution >= 4 is 38.2 Å². The van der Waals surface area contributed by atoms with Gasteiger partial charge in [-0.15, -0.1) is 11.3 Å². The molecule has 0 saturated heterocycles. The van der Waals surface area contributed by atoms with Crippen LogP contribution in [0.3, 0.4) is 0 Å². The molecule has 1 heterocycles. The van der Waals surface area contributed by atoms with Crippen molar-refractivity contribution in [1.82, 2.24) is 0 Å². The van der Waals surface area contributed by atoms with E-state index in [0.29, 0.717) is 5.75 Å². The Morgan fingerprint density at radius 2 is 1.66 bits per heavy atom. The summed E-state index contributed by atoms with van der Waals surface area (Å²) in [6.07, 6.45) is 1.81. The van der Waals surface area contributed by atoms with Gasteiger partial charge in [-0.3, -0.25) is 4.79 Å². The van der Waals surface area contributed by atoms with Gasteiger partial charge in [0.05, 0.1) is 5.54 Å². The summed E-state index contributed by atoms with van der Waals surface area (Å²) in [5.41, 5.74) is 12.1. The number of nitrogens with two attached hydrogens (primary N) is 1. The predicted molar refractivity (Wildman–Crippen MR) is 137 cm³/mol. The van der Waals surface area contributed by atoms with Crippen LogP contribution in [0, 0.1) is 20.8 Å². The van der Waals surface area contributed by atoms with Gasteiger partial charge in [0.25, 0.3) is 0 Å². The number of carbonyl (C=O) groups is 1. The number of rotatable bonds is 5. The van der Waals surface area contributed by atoms with Gasteiger partial charge in [-0.05, 0) is 90.4 Å². The standard InChI is InChI=1S/C28H31NO2S/c1-7-28(29,8-2)27-18(5)24-23(32-27)15-20-11-9-10-12-22(20)25(24)21-13-16(3)26(17(4)14-21)31-19(6)30/h9-15H,7-8,29H2,1-6H3. The highest BCUT2D eigenvalue weighted by atomic mass is 32.1. The second kappa shape index (κ2) is 8.34. The van der Waals surface area contributed by atoms with E-state index in [-0.39, 0.29) is 11.5 Å². The molecular formula is C28H31NO2S. The van der Waals surface area contributed by atoms with Crippen molar-refractivity contribution < 1.29 is 9.53 Å². The molecule has 0 aliphatic rings. The maximum atomic E-state index is 11.6. The molecule has 0 atom stereocenters. The van der Waals surface area contributed by atoms with Gasteiger partial charge in [0.2, 0.25) is 0 Å². The fraction of sp³-hybridized carbons (Fsp3) is 0.321. The van der Waals surface area contributed by atoms with E-state index in [0.717, 1.165) is 29.5 Å². The molecule has 4 rings (SSSR count). The van der Waals surface area contributed by atoms with Gasteiger partial charge in [0, 0.05) is 21.9 Å². The SMILES string of the molecule is CCC(N)(CC)c1sc2cc3ccccc3c(-c3cc(C)c(OC(C)=O)c(C)c3)c2c1C. The molecule has 0 aliphatic heterocycles. The quantitative estimate of drug-likeness (QED) is 0.255. The Hall–Kier alpha value is -2.69. The number of esters is 1. The third kappa shape index (κ3) is 3.62. The number of ether oxygens (including phenoxy) is 1. The first-order chi connectivity index (χ1) is 15.2. The van der Waals surface area contributed by atoms with Gasteiger partial charge in [-0.2, -0.15) is 0 Å². The largest absolute Gasteiger partial charge is 0.426 e. The first kappa shape index (κ1) is 22.5. The highest BCUT2D eigenvalue weighted by molar-refractivity contribution is 7.19. The van der Waals surface area contributed by atoms with E-state index in [4.69, 9.17) is 10.5 Å². The van der Waals surface area contributed by atoms with Gasteiger partial charge in [-0.25, -0.2) is 0 Å². The number of hydrogen-bond acceptors (Lipinski definition) is 4. The molecule has 1 aromatic heterocycles. The third-order valence-electron chi connectivity index (χ3n) is 6.65. The van der Waals surface area contributed by atoms with E-state index in [9.17, 15) is 4.79 Å². The van der Waals surface area contributed by atoms with Gasteiger partial charge in [0.1, 0.15) is 5.75 Å². The number of benzene rings is 3. The lowest BCUT2D eigenvalue weighted by Gasteiger charge is -2.26. The lowest BCUT2D eigenvalue weighted by atomic mass is 9.86. The molecule has 4 heteroatoms. The number of carbonyl (C=O) groups excluding carboxylic acids is 1. The molecule has 4 aromatic rings. The molecule has 0 unspecified atom stereocenters. The molecule has 32 heavy (non-hydrogen) atoms. The summed E-state index contributed by atoms with van der Waals surface area (Å²) < 4.78 is 6.76. The molecule has 0 saturated carbocycles. The summed E-state index contributed by atoms with van der Waals surface area (Å²) in [5.74, 6) is 0.353. The van der Waals surface area contributed by atoms with Crippen molar-refractivity contribution in [2.75, 3.05) is 0 Å². The summed E-state index contributed by atoms with van der Waals surface area (Å²) in [6.45, 7) is 12.0. The molecule has 0 amide bonds. The van der Waals surface area contributed by atoms with Crippen molar-refractivity contribution in [3.8, 4) is 16.9 Å². The molecule has 0 fully saturated rings. The Bertz CT molecular complexity index is 1320. The van der Waals surface area contributed by atoms with Crippen LogP contribution in [0.15, 0.2) is 42.5 Å². The first-order valence-electron chi connectivity index (χ1n) is 11.2. The molecule has 0 spiro atoms. The zero-order valence-electron chi connectivity index (χ0n) is 19.8. The van der Waals surface area contributed by atoms with Crippen molar-refractivity contribution in [2.24, 2.45) is 5.73 Å². The molecule has 166 valence electrons. The molecule has 3 nitrogen and oxygen atoms in total. The molecule has 2 N–H and O–H groups in total. The fourth-order valence-electron chi connectivity index (χ4n) is 4.82. The minimum atomic E-state index is -0.317. The van der Waals surface area contributed by atoms with E-state index < -0.39 is 0 Å². The third-order valence-corrected chi connectivity index (χ3v) is 8.11. The topological polar surface area (TPSA) is 52.3 Å². The van der Waals surface area contributed by atoms with Crippen molar-refractivity contribution in [2.45, 2.75) is 59.9 Å². The Morgan fingerprint density at radius 1 is 1.03 bits per heavy atom. The van der Waals surface area contributed by atoms with Crippen LogP contribution in [0.1, 0.15) is 55.2 Å². The predicted octanol–water partition coefficient (Wildman–Crippen LogP) is 7.55. The van der Waals surface area contributed by atoms with E-state index in [1.54, 1.807) is 0 Å². The van der Waals surface area contributed by atoms with Gasteiger partial charge in [0.15, 0.2) is 0 Å². The molecular weight excluding hydrogens is 414 g/mol. The minimum absolute atomic E-state index is 0.298. The van der Waals surface area contributed by atoms with Crippen molar-refractivity contribution in [3.05, 3.63) is 64.0 Å². The molecule has 0 aliphatic carbocycles. The monoisotopic (exact) mass is 445 g/mol. The summed E-state index contributed by atoms with van der Waals surface area (Å²) >= 11 is 1.83. The van der Waals surface area contributed by atoms with E-state index in [2.05, 4.69) is 63.2 Å². The van der Waals surface area contributed by atoms with Crippen LogP contribution in [-0.2, 0) is 10.3 Å². The van der Waals surface area contributed by atoms with E-state index in [1.807, 2.05) is 25.2 Å². The van der Waals surface area contributed by atoms with Gasteiger partial charge >= 0.3 is 5.97 Å². The number of aryl methyl sites for hydroxylation is 3. The highest BCUT2D eigenvalue weighted by Gasteiger charge is 2.29. The maximum absolute atomic E-state index is 11.6. The fourth-order valence-corrected chi connectivity index (χ4v) is 6.33. The average Bonchev–Trinajstić information content (AvgIpc) is 3.10. The van der Waals surface area contributed by atoms with Gasteiger partial charge in [-0.1, -0.05) is 38.1 Å². The van der Waals surface area contributed by atoms with Crippen LogP contribution in [0.25, 0.3) is 32.0 Å². The lowest BCUT2D eigenvalue weighted by Crippen LogP contribution is -2.34. The second-order valence-electron chi connectivity index (χ2n) is 8.80. The Morgan fingerprint density at radius 3 is 2.25 bits per heavy atom. The number of fused-ring (bicyclic) bond motifs is 2. The normalized spacial score (nSPS) is 12.0. The Balaban J connectivity index is 2.10. The minimum Gasteiger partial charge on any atom is -0.426 e. The number of thiophene rings is 1. The number of hydrogen-bond donors (Lipinski definition) is 1. The maximum Gasteiger partial charge on any atom is 0.308 e. The van der Waals surface area contributed by atoms with Crippen LogP contribution < -0.4 is 10.5 Å². The van der Waals surface area contributed by atoms with E-state index in [1.165, 1.54) is 43.8 Å². The summed E-state index contributed by atoms with van der Waals surface area (Å²) in [6, 6.07) is 15.1. The Labute approximate surface area is 194 Å². The highest BCUT2D eigenvalue weighted by Crippen LogP contribution is 2.47.